The highest BCUT2D eigenvalue weighted by atomic mass is 16.3. The Morgan fingerprint density at radius 3 is 2.68 bits per heavy atom. The maximum atomic E-state index is 12.1. The van der Waals surface area contributed by atoms with Crippen LogP contribution in [0.15, 0.2) is 24.3 Å². The number of aliphatic hydroxyl groups is 1. The van der Waals surface area contributed by atoms with Gasteiger partial charge in [-0.1, -0.05) is 32.4 Å². The summed E-state index contributed by atoms with van der Waals surface area (Å²) in [6, 6.07) is 0. The maximum absolute atomic E-state index is 12.1. The molecular weight excluding hydrogens is 308 g/mol. The quantitative estimate of drug-likeness (QED) is 0.711. The molecule has 0 amide bonds. The van der Waals surface area contributed by atoms with E-state index in [1.165, 1.54) is 18.4 Å². The number of rotatable bonds is 2. The third-order valence-electron chi connectivity index (χ3n) is 9.32. The van der Waals surface area contributed by atoms with Crippen molar-refractivity contribution in [2.45, 2.75) is 77.7 Å². The lowest BCUT2D eigenvalue weighted by Crippen LogP contribution is -2.56. The molecule has 0 saturated heterocycles. The fourth-order valence-electron chi connectivity index (χ4n) is 7.63. The van der Waals surface area contributed by atoms with Crippen molar-refractivity contribution in [3.63, 3.8) is 0 Å². The van der Waals surface area contributed by atoms with E-state index in [4.69, 9.17) is 0 Å². The van der Waals surface area contributed by atoms with Crippen LogP contribution in [-0.2, 0) is 4.79 Å². The molecule has 138 valence electrons. The average molecular weight is 343 g/mol. The van der Waals surface area contributed by atoms with Crippen molar-refractivity contribution in [1.29, 1.82) is 0 Å². The number of allylic oxidation sites excluding steroid dienone is 1. The second-order valence-electron chi connectivity index (χ2n) is 9.96. The molecule has 0 heterocycles. The van der Waals surface area contributed by atoms with Gasteiger partial charge in [0, 0.05) is 6.42 Å². The molecule has 4 aliphatic carbocycles. The first-order valence-corrected chi connectivity index (χ1v) is 10.3. The number of hydrogen-bond donors (Lipinski definition) is 1. The Balaban J connectivity index is 1.70. The minimum atomic E-state index is -0.560. The van der Waals surface area contributed by atoms with Crippen molar-refractivity contribution in [2.24, 2.45) is 34.5 Å². The summed E-state index contributed by atoms with van der Waals surface area (Å²) in [6.07, 6.45) is 12.0. The fraction of sp³-hybridized carbons (Fsp3) is 0.783. The number of fused-ring (bicyclic) bond motifs is 5. The average Bonchev–Trinajstić information content (AvgIpc) is 2.81. The Hall–Kier alpha value is -0.890. The summed E-state index contributed by atoms with van der Waals surface area (Å²) in [5, 5.41) is 11.4. The number of ketones is 1. The summed E-state index contributed by atoms with van der Waals surface area (Å²) in [7, 11) is 0. The number of hydrogen-bond acceptors (Lipinski definition) is 2. The molecule has 2 nitrogen and oxygen atoms in total. The van der Waals surface area contributed by atoms with Gasteiger partial charge in [-0.25, -0.2) is 0 Å². The zero-order valence-corrected chi connectivity index (χ0v) is 16.2. The second kappa shape index (κ2) is 5.55. The Morgan fingerprint density at radius 2 is 1.96 bits per heavy atom. The molecule has 4 aliphatic rings. The monoisotopic (exact) mass is 342 g/mol. The molecule has 3 fully saturated rings. The Kier molecular flexibility index (Phi) is 3.89. The van der Waals surface area contributed by atoms with Gasteiger partial charge in [-0.15, -0.1) is 6.58 Å². The van der Waals surface area contributed by atoms with Crippen LogP contribution in [0.4, 0.5) is 0 Å². The molecule has 25 heavy (non-hydrogen) atoms. The molecule has 2 unspecified atom stereocenters. The summed E-state index contributed by atoms with van der Waals surface area (Å²) in [4.78, 5) is 12.1. The van der Waals surface area contributed by atoms with Gasteiger partial charge < -0.3 is 5.11 Å². The molecule has 0 radical (unpaired) electrons. The van der Waals surface area contributed by atoms with Gasteiger partial charge in [0.2, 0.25) is 0 Å². The molecular formula is C23H34O2. The highest BCUT2D eigenvalue weighted by Gasteiger charge is 2.64. The summed E-state index contributed by atoms with van der Waals surface area (Å²) in [5.74, 6) is 2.79. The third-order valence-corrected chi connectivity index (χ3v) is 9.32. The van der Waals surface area contributed by atoms with Gasteiger partial charge in [-0.05, 0) is 85.5 Å². The summed E-state index contributed by atoms with van der Waals surface area (Å²) < 4.78 is 0. The van der Waals surface area contributed by atoms with E-state index in [0.29, 0.717) is 35.9 Å². The Morgan fingerprint density at radius 1 is 1.24 bits per heavy atom. The van der Waals surface area contributed by atoms with E-state index in [-0.39, 0.29) is 10.8 Å². The number of carbonyl (C=O) groups is 1. The van der Waals surface area contributed by atoms with Crippen LogP contribution in [0.2, 0.25) is 0 Å². The second-order valence-corrected chi connectivity index (χ2v) is 9.96. The predicted octanol–water partition coefficient (Wildman–Crippen LogP) is 5.07. The van der Waals surface area contributed by atoms with Crippen LogP contribution in [0.5, 0.6) is 0 Å². The molecule has 0 bridgehead atoms. The molecule has 0 aromatic carbocycles. The molecule has 0 aromatic rings. The first-order valence-electron chi connectivity index (χ1n) is 10.3. The van der Waals surface area contributed by atoms with Crippen LogP contribution >= 0.6 is 0 Å². The topological polar surface area (TPSA) is 37.3 Å². The van der Waals surface area contributed by atoms with E-state index in [1.54, 1.807) is 0 Å². The van der Waals surface area contributed by atoms with Gasteiger partial charge in [0.1, 0.15) is 0 Å². The highest BCUT2D eigenvalue weighted by molar-refractivity contribution is 5.92. The van der Waals surface area contributed by atoms with E-state index in [2.05, 4.69) is 27.4 Å². The van der Waals surface area contributed by atoms with E-state index >= 15 is 0 Å². The minimum Gasteiger partial charge on any atom is -0.389 e. The van der Waals surface area contributed by atoms with Crippen molar-refractivity contribution in [1.82, 2.24) is 0 Å². The summed E-state index contributed by atoms with van der Waals surface area (Å²) >= 11 is 0. The first-order chi connectivity index (χ1) is 11.8. The zero-order chi connectivity index (χ0) is 18.0. The van der Waals surface area contributed by atoms with E-state index in [0.717, 1.165) is 32.1 Å². The maximum Gasteiger partial charge on any atom is 0.155 e. The SMILES string of the molecule is C=CCC1(O)CC[C@H]2[C@@H]3CCC4=CC(=O)CC(C)[C@]4(C)[C@@H]3CC[C@@]21C. The van der Waals surface area contributed by atoms with Crippen LogP contribution in [0.1, 0.15) is 72.1 Å². The standard InChI is InChI=1S/C23H34O2/c1-5-10-23(25)12-9-19-18-7-6-16-14-17(24)13-15(2)22(16,4)20(18)8-11-21(19,23)3/h5,14-15,18-20,25H,1,6-13H2,2-4H3/t15?,18-,19-,20+,21-,22-,23?/m0/s1. The third kappa shape index (κ3) is 2.16. The predicted molar refractivity (Wildman–Crippen MR) is 101 cm³/mol. The molecule has 3 saturated carbocycles. The Bertz CT molecular complexity index is 634. The number of carbonyl (C=O) groups excluding carboxylic acids is 1. The lowest BCUT2D eigenvalue weighted by molar-refractivity contribution is -0.134. The van der Waals surface area contributed by atoms with E-state index < -0.39 is 5.60 Å². The van der Waals surface area contributed by atoms with Gasteiger partial charge in [-0.3, -0.25) is 4.79 Å². The molecule has 2 heteroatoms. The van der Waals surface area contributed by atoms with Gasteiger partial charge in [-0.2, -0.15) is 0 Å². The first kappa shape index (κ1) is 17.5. The minimum absolute atomic E-state index is 0.0354. The lowest BCUT2D eigenvalue weighted by Gasteiger charge is -2.60. The summed E-state index contributed by atoms with van der Waals surface area (Å²) in [5.41, 5.74) is 1.10. The van der Waals surface area contributed by atoms with Crippen LogP contribution in [0.25, 0.3) is 0 Å². The molecule has 7 atom stereocenters. The Labute approximate surface area is 152 Å². The fourth-order valence-corrected chi connectivity index (χ4v) is 7.63. The van der Waals surface area contributed by atoms with Crippen LogP contribution in [0, 0.1) is 34.5 Å². The highest BCUT2D eigenvalue weighted by Crippen LogP contribution is 2.68. The normalized spacial score (nSPS) is 52.0. The molecule has 0 spiro atoms. The largest absolute Gasteiger partial charge is 0.389 e. The zero-order valence-electron chi connectivity index (χ0n) is 16.2. The molecule has 1 N–H and O–H groups in total. The van der Waals surface area contributed by atoms with Gasteiger partial charge in [0.15, 0.2) is 5.78 Å². The molecule has 4 rings (SSSR count). The molecule has 0 aliphatic heterocycles. The van der Waals surface area contributed by atoms with Crippen molar-refractivity contribution in [2.75, 3.05) is 0 Å². The van der Waals surface area contributed by atoms with Gasteiger partial charge >= 0.3 is 0 Å². The van der Waals surface area contributed by atoms with Crippen molar-refractivity contribution < 1.29 is 9.90 Å². The van der Waals surface area contributed by atoms with Gasteiger partial charge in [0.05, 0.1) is 5.60 Å². The van der Waals surface area contributed by atoms with Crippen molar-refractivity contribution >= 4 is 5.78 Å². The van der Waals surface area contributed by atoms with Crippen LogP contribution < -0.4 is 0 Å². The van der Waals surface area contributed by atoms with Crippen molar-refractivity contribution in [3.8, 4) is 0 Å². The van der Waals surface area contributed by atoms with Crippen LogP contribution in [0.3, 0.4) is 0 Å². The molecule has 0 aromatic heterocycles. The van der Waals surface area contributed by atoms with Gasteiger partial charge in [0.25, 0.3) is 0 Å². The smallest absolute Gasteiger partial charge is 0.155 e. The summed E-state index contributed by atoms with van der Waals surface area (Å²) in [6.45, 7) is 11.0. The van der Waals surface area contributed by atoms with E-state index in [1.807, 2.05) is 12.2 Å². The van der Waals surface area contributed by atoms with Crippen molar-refractivity contribution in [3.05, 3.63) is 24.3 Å². The van der Waals surface area contributed by atoms with E-state index in [9.17, 15) is 9.90 Å². The lowest BCUT2D eigenvalue weighted by atomic mass is 9.44. The van der Waals surface area contributed by atoms with Crippen LogP contribution in [-0.4, -0.2) is 16.5 Å².